The highest BCUT2D eigenvalue weighted by molar-refractivity contribution is 5.25. The Bertz CT molecular complexity index is 421. The molecule has 19 heavy (non-hydrogen) atoms. The minimum absolute atomic E-state index is 0.0392. The molecule has 1 saturated heterocycles. The topological polar surface area (TPSA) is 50.5 Å². The van der Waals surface area contributed by atoms with E-state index in [1.165, 1.54) is 6.08 Å². The van der Waals surface area contributed by atoms with Gasteiger partial charge in [0.15, 0.2) is 0 Å². The van der Waals surface area contributed by atoms with Gasteiger partial charge >= 0.3 is 0 Å². The fraction of sp³-hybridized carbons (Fsp3) is 0.643. The zero-order chi connectivity index (χ0) is 13.9. The van der Waals surface area contributed by atoms with E-state index in [1.54, 1.807) is 6.08 Å². The van der Waals surface area contributed by atoms with Crippen LogP contribution in [-0.4, -0.2) is 53.4 Å². The lowest BCUT2D eigenvalue weighted by atomic mass is 9.79. The lowest BCUT2D eigenvalue weighted by Gasteiger charge is -2.45. The van der Waals surface area contributed by atoms with Crippen molar-refractivity contribution in [2.75, 3.05) is 32.9 Å². The Morgan fingerprint density at radius 1 is 1.47 bits per heavy atom. The molecule has 0 aromatic carbocycles. The van der Waals surface area contributed by atoms with E-state index in [-0.39, 0.29) is 12.6 Å². The lowest BCUT2D eigenvalue weighted by Crippen LogP contribution is -2.58. The molecule has 0 radical (unpaired) electrons. The fourth-order valence-corrected chi connectivity index (χ4v) is 2.82. The summed E-state index contributed by atoms with van der Waals surface area (Å²) in [5, 5.41) is 18.7. The maximum Gasteiger partial charge on any atom is 0.115 e. The third-order valence-corrected chi connectivity index (χ3v) is 4.23. The average molecular weight is 265 g/mol. The number of aliphatic hydroxyl groups excluding tert-OH is 1. The van der Waals surface area contributed by atoms with Crippen molar-refractivity contribution in [3.8, 4) is 6.07 Å². The van der Waals surface area contributed by atoms with E-state index in [0.29, 0.717) is 32.6 Å². The summed E-state index contributed by atoms with van der Waals surface area (Å²) in [6.07, 6.45) is 5.63. The SMILES string of the molecule is CC(C#N)(C1CC=CC=C1F)N1CCN(CO)CC1. The molecule has 2 aliphatic rings. The van der Waals surface area contributed by atoms with Gasteiger partial charge in [0, 0.05) is 32.1 Å². The molecule has 1 heterocycles. The normalized spacial score (nSPS) is 28.5. The number of hydrogen-bond acceptors (Lipinski definition) is 4. The largest absolute Gasteiger partial charge is 0.381 e. The van der Waals surface area contributed by atoms with Crippen molar-refractivity contribution in [3.05, 3.63) is 24.1 Å². The predicted molar refractivity (Wildman–Crippen MR) is 70.7 cm³/mol. The second kappa shape index (κ2) is 5.83. The summed E-state index contributed by atoms with van der Waals surface area (Å²) in [6, 6.07) is 2.31. The number of piperazine rings is 1. The van der Waals surface area contributed by atoms with Crippen LogP contribution in [0, 0.1) is 17.2 Å². The third kappa shape index (κ3) is 2.71. The fourth-order valence-electron chi connectivity index (χ4n) is 2.82. The van der Waals surface area contributed by atoms with Crippen LogP contribution in [0.25, 0.3) is 0 Å². The first kappa shape index (κ1) is 14.2. The van der Waals surface area contributed by atoms with Crippen molar-refractivity contribution >= 4 is 0 Å². The Kier molecular flexibility index (Phi) is 4.35. The molecule has 0 amide bonds. The molecule has 0 spiro atoms. The highest BCUT2D eigenvalue weighted by Gasteiger charge is 2.43. The van der Waals surface area contributed by atoms with E-state index >= 15 is 0 Å². The Hall–Kier alpha value is -1.22. The average Bonchev–Trinajstić information content (AvgIpc) is 2.47. The van der Waals surface area contributed by atoms with Gasteiger partial charge in [-0.15, -0.1) is 0 Å². The Morgan fingerprint density at radius 2 is 2.16 bits per heavy atom. The summed E-state index contributed by atoms with van der Waals surface area (Å²) in [5.74, 6) is -0.612. The number of allylic oxidation sites excluding steroid dienone is 3. The predicted octanol–water partition coefficient (Wildman–Crippen LogP) is 1.27. The Morgan fingerprint density at radius 3 is 2.68 bits per heavy atom. The number of nitrogens with zero attached hydrogens (tertiary/aromatic N) is 3. The van der Waals surface area contributed by atoms with Gasteiger partial charge in [0.1, 0.15) is 11.4 Å². The molecule has 1 aliphatic heterocycles. The zero-order valence-electron chi connectivity index (χ0n) is 11.2. The summed E-state index contributed by atoms with van der Waals surface area (Å²) in [7, 11) is 0. The summed E-state index contributed by atoms with van der Waals surface area (Å²) in [6.45, 7) is 4.63. The first-order chi connectivity index (χ1) is 9.11. The molecule has 1 fully saturated rings. The molecule has 1 aliphatic carbocycles. The highest BCUT2D eigenvalue weighted by atomic mass is 19.1. The van der Waals surface area contributed by atoms with Crippen LogP contribution < -0.4 is 0 Å². The van der Waals surface area contributed by atoms with Crippen molar-refractivity contribution in [3.63, 3.8) is 0 Å². The maximum absolute atomic E-state index is 14.0. The summed E-state index contributed by atoms with van der Waals surface area (Å²) < 4.78 is 14.0. The first-order valence-corrected chi connectivity index (χ1v) is 6.63. The van der Waals surface area contributed by atoms with Crippen molar-refractivity contribution < 1.29 is 9.50 Å². The van der Waals surface area contributed by atoms with E-state index < -0.39 is 11.5 Å². The number of aliphatic hydroxyl groups is 1. The zero-order valence-corrected chi connectivity index (χ0v) is 11.2. The Balaban J connectivity index is 2.13. The van der Waals surface area contributed by atoms with Crippen LogP contribution in [0.4, 0.5) is 4.39 Å². The van der Waals surface area contributed by atoms with Crippen LogP contribution in [0.2, 0.25) is 0 Å². The molecule has 4 nitrogen and oxygen atoms in total. The smallest absolute Gasteiger partial charge is 0.115 e. The molecule has 2 atom stereocenters. The number of hydrogen-bond donors (Lipinski definition) is 1. The van der Waals surface area contributed by atoms with Crippen LogP contribution in [-0.2, 0) is 0 Å². The minimum atomic E-state index is -0.826. The van der Waals surface area contributed by atoms with Gasteiger partial charge < -0.3 is 5.11 Å². The first-order valence-electron chi connectivity index (χ1n) is 6.63. The van der Waals surface area contributed by atoms with Gasteiger partial charge in [0.25, 0.3) is 0 Å². The molecule has 0 bridgehead atoms. The second-order valence-electron chi connectivity index (χ2n) is 5.27. The molecular weight excluding hydrogens is 245 g/mol. The van der Waals surface area contributed by atoms with E-state index in [0.717, 1.165) is 0 Å². The third-order valence-electron chi connectivity index (χ3n) is 4.23. The van der Waals surface area contributed by atoms with Gasteiger partial charge in [-0.1, -0.05) is 12.2 Å². The summed E-state index contributed by atoms with van der Waals surface area (Å²) in [4.78, 5) is 3.96. The van der Waals surface area contributed by atoms with Crippen LogP contribution in [0.5, 0.6) is 0 Å². The number of nitriles is 1. The highest BCUT2D eigenvalue weighted by Crippen LogP contribution is 2.36. The minimum Gasteiger partial charge on any atom is -0.381 e. The molecule has 2 rings (SSSR count). The standard InChI is InChI=1S/C14H20FN3O/c1-14(10-16,12-4-2-3-5-13(12)15)18-8-6-17(11-19)7-9-18/h2-3,5,12,19H,4,6-9,11H2,1H3. The maximum atomic E-state index is 14.0. The molecule has 0 aromatic heterocycles. The quantitative estimate of drug-likeness (QED) is 0.835. The van der Waals surface area contributed by atoms with E-state index in [4.69, 9.17) is 5.11 Å². The molecular formula is C14H20FN3O. The molecule has 0 aromatic rings. The van der Waals surface area contributed by atoms with Gasteiger partial charge in [0.05, 0.1) is 12.8 Å². The van der Waals surface area contributed by atoms with Gasteiger partial charge in [-0.3, -0.25) is 9.80 Å². The van der Waals surface area contributed by atoms with Crippen molar-refractivity contribution in [2.24, 2.45) is 5.92 Å². The Labute approximate surface area is 113 Å². The van der Waals surface area contributed by atoms with E-state index in [1.807, 2.05) is 22.8 Å². The molecule has 5 heteroatoms. The van der Waals surface area contributed by atoms with Gasteiger partial charge in [-0.2, -0.15) is 5.26 Å². The van der Waals surface area contributed by atoms with Crippen LogP contribution >= 0.6 is 0 Å². The van der Waals surface area contributed by atoms with E-state index in [9.17, 15) is 9.65 Å². The van der Waals surface area contributed by atoms with Crippen LogP contribution in [0.15, 0.2) is 24.1 Å². The van der Waals surface area contributed by atoms with Crippen molar-refractivity contribution in [2.45, 2.75) is 18.9 Å². The number of rotatable bonds is 3. The van der Waals surface area contributed by atoms with E-state index in [2.05, 4.69) is 6.07 Å². The molecule has 104 valence electrons. The summed E-state index contributed by atoms with van der Waals surface area (Å²) >= 11 is 0. The van der Waals surface area contributed by atoms with Crippen molar-refractivity contribution in [1.29, 1.82) is 5.26 Å². The molecule has 2 unspecified atom stereocenters. The van der Waals surface area contributed by atoms with Gasteiger partial charge in [-0.25, -0.2) is 4.39 Å². The van der Waals surface area contributed by atoms with Crippen molar-refractivity contribution in [1.82, 2.24) is 9.80 Å². The molecule has 1 N–H and O–H groups in total. The molecule has 0 saturated carbocycles. The second-order valence-corrected chi connectivity index (χ2v) is 5.27. The lowest BCUT2D eigenvalue weighted by molar-refractivity contribution is 0.00898. The van der Waals surface area contributed by atoms with Gasteiger partial charge in [-0.05, 0) is 19.4 Å². The van der Waals surface area contributed by atoms with Gasteiger partial charge in [0.2, 0.25) is 0 Å². The van der Waals surface area contributed by atoms with Crippen LogP contribution in [0.1, 0.15) is 13.3 Å². The summed E-state index contributed by atoms with van der Waals surface area (Å²) in [5.41, 5.74) is -0.826. The monoisotopic (exact) mass is 265 g/mol. The number of halogens is 1. The van der Waals surface area contributed by atoms with Crippen LogP contribution in [0.3, 0.4) is 0 Å².